The molecule has 1 aromatic rings. The fraction of sp³-hybridized carbons (Fsp3) is 0.700. The van der Waals surface area contributed by atoms with Crippen LogP contribution in [0.15, 0.2) is 4.52 Å². The molecule has 0 aromatic carbocycles. The Bertz CT molecular complexity index is 392. The lowest BCUT2D eigenvalue weighted by Gasteiger charge is -2.27. The number of aliphatic carboxylic acids is 1. The van der Waals surface area contributed by atoms with E-state index in [1.165, 1.54) is 11.8 Å². The van der Waals surface area contributed by atoms with Crippen LogP contribution in [0.2, 0.25) is 0 Å². The molecule has 6 nitrogen and oxygen atoms in total. The third-order valence-corrected chi connectivity index (χ3v) is 3.80. The Kier molecular flexibility index (Phi) is 4.53. The second-order valence-electron chi connectivity index (χ2n) is 4.17. The van der Waals surface area contributed by atoms with Gasteiger partial charge in [-0.25, -0.2) is 0 Å². The van der Waals surface area contributed by atoms with Gasteiger partial charge in [-0.1, -0.05) is 12.1 Å². The molecule has 0 aliphatic rings. The Balaban J connectivity index is 2.57. The van der Waals surface area contributed by atoms with Gasteiger partial charge in [0.15, 0.2) is 5.82 Å². The molecule has 0 saturated carbocycles. The van der Waals surface area contributed by atoms with E-state index in [9.17, 15) is 4.79 Å². The highest BCUT2D eigenvalue weighted by molar-refractivity contribution is 7.99. The number of nitrogens with zero attached hydrogens (tertiary/aromatic N) is 2. The number of carbonyl (C=O) groups is 1. The molecule has 0 radical (unpaired) electrons. The molecule has 0 amide bonds. The van der Waals surface area contributed by atoms with Gasteiger partial charge in [0.1, 0.15) is 6.04 Å². The first-order chi connectivity index (χ1) is 7.86. The van der Waals surface area contributed by atoms with Crippen molar-refractivity contribution in [2.45, 2.75) is 43.7 Å². The van der Waals surface area contributed by atoms with Gasteiger partial charge in [0.25, 0.3) is 0 Å². The van der Waals surface area contributed by atoms with E-state index in [0.717, 1.165) is 0 Å². The van der Waals surface area contributed by atoms with Crippen molar-refractivity contribution >= 4 is 17.7 Å². The topological polar surface area (TPSA) is 102 Å². The minimum Gasteiger partial charge on any atom is -0.480 e. The van der Waals surface area contributed by atoms with Crippen molar-refractivity contribution in [2.75, 3.05) is 0 Å². The summed E-state index contributed by atoms with van der Waals surface area (Å²) in [4.78, 5) is 15.0. The lowest BCUT2D eigenvalue weighted by molar-refractivity contribution is -0.139. The highest BCUT2D eigenvalue weighted by atomic mass is 32.2. The fourth-order valence-corrected chi connectivity index (χ4v) is 2.03. The fourth-order valence-electron chi connectivity index (χ4n) is 1.13. The molecule has 0 aliphatic heterocycles. The first kappa shape index (κ1) is 14.0. The van der Waals surface area contributed by atoms with Crippen molar-refractivity contribution < 1.29 is 14.4 Å². The van der Waals surface area contributed by atoms with Crippen LogP contribution in [0.25, 0.3) is 0 Å². The van der Waals surface area contributed by atoms with Gasteiger partial charge in [-0.2, -0.15) is 4.98 Å². The smallest absolute Gasteiger partial charge is 0.321 e. The van der Waals surface area contributed by atoms with E-state index in [1.54, 1.807) is 13.8 Å². The molecule has 7 heteroatoms. The van der Waals surface area contributed by atoms with Crippen LogP contribution >= 0.6 is 11.8 Å². The van der Waals surface area contributed by atoms with Crippen molar-refractivity contribution in [1.82, 2.24) is 10.1 Å². The van der Waals surface area contributed by atoms with Crippen molar-refractivity contribution in [3.63, 3.8) is 0 Å². The average molecular weight is 259 g/mol. The summed E-state index contributed by atoms with van der Waals surface area (Å²) in [6.45, 7) is 5.50. The standard InChI is InChI=1S/C10H17N3O3S/c1-4-7-12-6(13-16-7)5-17-10(2,3)8(11)9(14)15/h8H,4-5,11H2,1-3H3,(H,14,15)/t8-/m0/s1. The maximum absolute atomic E-state index is 10.8. The first-order valence-electron chi connectivity index (χ1n) is 5.30. The van der Waals surface area contributed by atoms with Crippen LogP contribution in [-0.2, 0) is 17.0 Å². The average Bonchev–Trinajstić information content (AvgIpc) is 2.73. The van der Waals surface area contributed by atoms with Crippen LogP contribution in [0.4, 0.5) is 0 Å². The second kappa shape index (κ2) is 5.50. The molecule has 0 bridgehead atoms. The predicted molar refractivity (Wildman–Crippen MR) is 64.7 cm³/mol. The molecule has 3 N–H and O–H groups in total. The number of hydrogen-bond acceptors (Lipinski definition) is 6. The summed E-state index contributed by atoms with van der Waals surface area (Å²) in [6.07, 6.45) is 0.690. The minimum absolute atomic E-state index is 0.484. The van der Waals surface area contributed by atoms with E-state index in [1.807, 2.05) is 6.92 Å². The molecule has 0 unspecified atom stereocenters. The molecule has 0 fully saturated rings. The summed E-state index contributed by atoms with van der Waals surface area (Å²) in [5, 5.41) is 12.7. The number of aryl methyl sites for hydroxylation is 1. The number of hydrogen-bond donors (Lipinski definition) is 2. The van der Waals surface area contributed by atoms with Crippen molar-refractivity contribution in [3.05, 3.63) is 11.7 Å². The molecule has 96 valence electrons. The van der Waals surface area contributed by atoms with E-state index in [4.69, 9.17) is 15.4 Å². The van der Waals surface area contributed by atoms with Crippen LogP contribution in [0.3, 0.4) is 0 Å². The number of thioether (sulfide) groups is 1. The Hall–Kier alpha value is -1.08. The largest absolute Gasteiger partial charge is 0.480 e. The SMILES string of the molecule is CCc1nc(CSC(C)(C)[C@@H](N)C(=O)O)no1. The molecule has 0 aliphatic carbocycles. The van der Waals surface area contributed by atoms with Gasteiger partial charge in [-0.15, -0.1) is 11.8 Å². The molecule has 0 spiro atoms. The summed E-state index contributed by atoms with van der Waals surface area (Å²) in [5.74, 6) is 0.626. The molecular formula is C10H17N3O3S. The number of rotatable bonds is 6. The minimum atomic E-state index is -1.01. The van der Waals surface area contributed by atoms with Gasteiger partial charge < -0.3 is 15.4 Å². The van der Waals surface area contributed by atoms with Crippen molar-refractivity contribution in [1.29, 1.82) is 0 Å². The summed E-state index contributed by atoms with van der Waals surface area (Å²) >= 11 is 1.40. The molecule has 1 rings (SSSR count). The third-order valence-electron chi connectivity index (χ3n) is 2.40. The Labute approximate surface area is 104 Å². The molecule has 1 heterocycles. The first-order valence-corrected chi connectivity index (χ1v) is 6.29. The number of aromatic nitrogens is 2. The van der Waals surface area contributed by atoms with Crippen LogP contribution in [0.5, 0.6) is 0 Å². The van der Waals surface area contributed by atoms with Gasteiger partial charge in [0.2, 0.25) is 5.89 Å². The van der Waals surface area contributed by atoms with E-state index in [0.29, 0.717) is 23.9 Å². The zero-order chi connectivity index (χ0) is 13.1. The van der Waals surface area contributed by atoms with Gasteiger partial charge in [0.05, 0.1) is 5.75 Å². The quantitative estimate of drug-likeness (QED) is 0.787. The molecular weight excluding hydrogens is 242 g/mol. The molecule has 1 atom stereocenters. The van der Waals surface area contributed by atoms with E-state index < -0.39 is 16.8 Å². The van der Waals surface area contributed by atoms with Gasteiger partial charge in [0, 0.05) is 11.2 Å². The van der Waals surface area contributed by atoms with Crippen LogP contribution in [0.1, 0.15) is 32.5 Å². The summed E-state index contributed by atoms with van der Waals surface area (Å²) in [6, 6.07) is -0.926. The zero-order valence-electron chi connectivity index (χ0n) is 10.1. The van der Waals surface area contributed by atoms with E-state index in [2.05, 4.69) is 10.1 Å². The molecule has 17 heavy (non-hydrogen) atoms. The summed E-state index contributed by atoms with van der Waals surface area (Å²) in [7, 11) is 0. The Morgan fingerprint density at radius 3 is 2.76 bits per heavy atom. The number of nitrogens with two attached hydrogens (primary N) is 1. The number of carboxylic acid groups (broad SMARTS) is 1. The predicted octanol–water partition coefficient (Wildman–Crippen LogP) is 1.06. The lowest BCUT2D eigenvalue weighted by Crippen LogP contribution is -2.46. The molecule has 1 aromatic heterocycles. The monoisotopic (exact) mass is 259 g/mol. The van der Waals surface area contributed by atoms with Gasteiger partial charge in [-0.3, -0.25) is 4.79 Å². The second-order valence-corrected chi connectivity index (χ2v) is 5.80. The highest BCUT2D eigenvalue weighted by Gasteiger charge is 2.32. The summed E-state index contributed by atoms with van der Waals surface area (Å²) < 4.78 is 4.38. The highest BCUT2D eigenvalue weighted by Crippen LogP contribution is 2.29. The number of carboxylic acids is 1. The van der Waals surface area contributed by atoms with E-state index >= 15 is 0 Å². The summed E-state index contributed by atoms with van der Waals surface area (Å²) in [5.41, 5.74) is 5.61. The molecule has 0 saturated heterocycles. The van der Waals surface area contributed by atoms with Crippen LogP contribution in [-0.4, -0.2) is 32.0 Å². The maximum Gasteiger partial charge on any atom is 0.321 e. The zero-order valence-corrected chi connectivity index (χ0v) is 11.0. The van der Waals surface area contributed by atoms with Crippen LogP contribution in [0, 0.1) is 0 Å². The van der Waals surface area contributed by atoms with Crippen molar-refractivity contribution in [2.24, 2.45) is 5.73 Å². The lowest BCUT2D eigenvalue weighted by atomic mass is 10.1. The Morgan fingerprint density at radius 1 is 1.65 bits per heavy atom. The maximum atomic E-state index is 10.8. The van der Waals surface area contributed by atoms with Gasteiger partial charge >= 0.3 is 5.97 Å². The van der Waals surface area contributed by atoms with E-state index in [-0.39, 0.29) is 0 Å². The normalized spacial score (nSPS) is 13.6. The van der Waals surface area contributed by atoms with Gasteiger partial charge in [-0.05, 0) is 13.8 Å². The van der Waals surface area contributed by atoms with Crippen molar-refractivity contribution in [3.8, 4) is 0 Å². The van der Waals surface area contributed by atoms with Crippen LogP contribution < -0.4 is 5.73 Å². The Morgan fingerprint density at radius 2 is 2.29 bits per heavy atom. The third kappa shape index (κ3) is 3.71.